The van der Waals surface area contributed by atoms with Crippen LogP contribution in [0.4, 0.5) is 0 Å². The molecule has 2 aromatic rings. The second-order valence-electron chi connectivity index (χ2n) is 3.73. The highest BCUT2D eigenvalue weighted by molar-refractivity contribution is 5.67. The summed E-state index contributed by atoms with van der Waals surface area (Å²) < 4.78 is 12.0. The summed E-state index contributed by atoms with van der Waals surface area (Å²) in [4.78, 5) is 4.15. The molecule has 1 N–H and O–H groups in total. The fraction of sp³-hybridized carbons (Fsp3) is 0.333. The van der Waals surface area contributed by atoms with Crippen molar-refractivity contribution >= 4 is 0 Å². The number of aliphatic hydroxyl groups excluding tert-OH is 1. The predicted octanol–water partition coefficient (Wildman–Crippen LogP) is 0.992. The maximum absolute atomic E-state index is 9.09. The average molecular weight is 249 g/mol. The molecule has 0 saturated carbocycles. The Labute approximate surface area is 105 Å². The molecule has 0 aromatic carbocycles. The molecule has 2 rings (SSSR count). The zero-order valence-electron chi connectivity index (χ0n) is 10.5. The molecule has 96 valence electrons. The standard InChI is InChI=1S/C12H15N3O3/c1-15-10(4-8(7-16)14-15)9-6-13-12(18-3)5-11(9)17-2/h4-6,16H,7H2,1-3H3. The van der Waals surface area contributed by atoms with E-state index in [2.05, 4.69) is 10.1 Å². The third-order valence-electron chi connectivity index (χ3n) is 2.64. The van der Waals surface area contributed by atoms with Gasteiger partial charge in [0.25, 0.3) is 0 Å². The van der Waals surface area contributed by atoms with Gasteiger partial charge in [-0.2, -0.15) is 5.10 Å². The fourth-order valence-corrected chi connectivity index (χ4v) is 1.75. The molecule has 0 aliphatic heterocycles. The third kappa shape index (κ3) is 2.14. The van der Waals surface area contributed by atoms with Crippen molar-refractivity contribution in [2.75, 3.05) is 14.2 Å². The lowest BCUT2D eigenvalue weighted by atomic mass is 10.2. The van der Waals surface area contributed by atoms with Crippen LogP contribution < -0.4 is 9.47 Å². The van der Waals surface area contributed by atoms with Crippen molar-refractivity contribution in [3.8, 4) is 22.9 Å². The summed E-state index contributed by atoms with van der Waals surface area (Å²) in [5, 5.41) is 13.3. The number of pyridine rings is 1. The van der Waals surface area contributed by atoms with E-state index in [1.54, 1.807) is 44.3 Å². The summed E-state index contributed by atoms with van der Waals surface area (Å²) in [5.41, 5.74) is 2.23. The average Bonchev–Trinajstić information content (AvgIpc) is 2.79. The fourth-order valence-electron chi connectivity index (χ4n) is 1.75. The molecule has 6 heteroatoms. The quantitative estimate of drug-likeness (QED) is 0.875. The summed E-state index contributed by atoms with van der Waals surface area (Å²) >= 11 is 0. The Morgan fingerprint density at radius 1 is 1.28 bits per heavy atom. The summed E-state index contributed by atoms with van der Waals surface area (Å²) in [7, 11) is 4.94. The molecule has 0 aliphatic carbocycles. The highest BCUT2D eigenvalue weighted by atomic mass is 16.5. The highest BCUT2D eigenvalue weighted by Crippen LogP contribution is 2.31. The molecule has 2 heterocycles. The van der Waals surface area contributed by atoms with Crippen LogP contribution in [0.1, 0.15) is 5.69 Å². The molecular formula is C12H15N3O3. The molecule has 0 aliphatic rings. The van der Waals surface area contributed by atoms with Crippen LogP contribution in [-0.4, -0.2) is 34.1 Å². The van der Waals surface area contributed by atoms with E-state index in [4.69, 9.17) is 14.6 Å². The number of rotatable bonds is 4. The SMILES string of the molecule is COc1cc(OC)c(-c2cc(CO)nn2C)cn1. The normalized spacial score (nSPS) is 10.4. The molecule has 0 amide bonds. The monoisotopic (exact) mass is 249 g/mol. The lowest BCUT2D eigenvalue weighted by Crippen LogP contribution is -1.98. The minimum Gasteiger partial charge on any atom is -0.496 e. The third-order valence-corrected chi connectivity index (χ3v) is 2.64. The minimum atomic E-state index is -0.0975. The van der Waals surface area contributed by atoms with E-state index >= 15 is 0 Å². The van der Waals surface area contributed by atoms with Gasteiger partial charge in [-0.15, -0.1) is 0 Å². The summed E-state index contributed by atoms with van der Waals surface area (Å²) in [5.74, 6) is 1.13. The number of hydrogen-bond acceptors (Lipinski definition) is 5. The number of nitrogens with zero attached hydrogens (tertiary/aromatic N) is 3. The van der Waals surface area contributed by atoms with E-state index < -0.39 is 0 Å². The largest absolute Gasteiger partial charge is 0.496 e. The number of aliphatic hydroxyl groups is 1. The number of ether oxygens (including phenoxy) is 2. The first kappa shape index (κ1) is 12.4. The van der Waals surface area contributed by atoms with Crippen LogP contribution in [0.25, 0.3) is 11.3 Å². The summed E-state index contributed by atoms with van der Waals surface area (Å²) in [6.07, 6.45) is 1.66. The maximum Gasteiger partial charge on any atom is 0.216 e. The Morgan fingerprint density at radius 2 is 2.06 bits per heavy atom. The Kier molecular flexibility index (Phi) is 3.47. The summed E-state index contributed by atoms with van der Waals surface area (Å²) in [6.45, 7) is -0.0975. The number of aryl methyl sites for hydroxylation is 1. The Bertz CT molecular complexity index is 551. The first-order chi connectivity index (χ1) is 8.69. The van der Waals surface area contributed by atoms with Gasteiger partial charge < -0.3 is 14.6 Å². The highest BCUT2D eigenvalue weighted by Gasteiger charge is 2.13. The van der Waals surface area contributed by atoms with Crippen LogP contribution in [-0.2, 0) is 13.7 Å². The van der Waals surface area contributed by atoms with Gasteiger partial charge in [-0.1, -0.05) is 0 Å². The van der Waals surface area contributed by atoms with Crippen LogP contribution in [0.3, 0.4) is 0 Å². The number of aromatic nitrogens is 3. The van der Waals surface area contributed by atoms with Gasteiger partial charge in [-0.3, -0.25) is 4.68 Å². The first-order valence-corrected chi connectivity index (χ1v) is 5.41. The first-order valence-electron chi connectivity index (χ1n) is 5.41. The Morgan fingerprint density at radius 3 is 2.61 bits per heavy atom. The molecule has 0 spiro atoms. The van der Waals surface area contributed by atoms with Crippen molar-refractivity contribution in [1.29, 1.82) is 0 Å². The molecule has 0 bridgehead atoms. The van der Waals surface area contributed by atoms with E-state index in [-0.39, 0.29) is 6.61 Å². The molecule has 0 saturated heterocycles. The van der Waals surface area contributed by atoms with Gasteiger partial charge in [0.1, 0.15) is 5.75 Å². The van der Waals surface area contributed by atoms with Crippen molar-refractivity contribution < 1.29 is 14.6 Å². The molecule has 0 radical (unpaired) electrons. The lowest BCUT2D eigenvalue weighted by molar-refractivity contribution is 0.275. The Hall–Kier alpha value is -2.08. The second kappa shape index (κ2) is 5.05. The smallest absolute Gasteiger partial charge is 0.216 e. The van der Waals surface area contributed by atoms with Crippen LogP contribution in [0.15, 0.2) is 18.3 Å². The van der Waals surface area contributed by atoms with E-state index in [0.29, 0.717) is 17.3 Å². The van der Waals surface area contributed by atoms with E-state index in [0.717, 1.165) is 11.3 Å². The topological polar surface area (TPSA) is 69.4 Å². The van der Waals surface area contributed by atoms with Gasteiger partial charge in [0.05, 0.1) is 37.8 Å². The van der Waals surface area contributed by atoms with Crippen molar-refractivity contribution in [1.82, 2.24) is 14.8 Å². The van der Waals surface area contributed by atoms with Gasteiger partial charge in [0.15, 0.2) is 0 Å². The van der Waals surface area contributed by atoms with E-state index in [1.165, 1.54) is 0 Å². The predicted molar refractivity (Wildman–Crippen MR) is 65.5 cm³/mol. The van der Waals surface area contributed by atoms with Gasteiger partial charge in [0.2, 0.25) is 5.88 Å². The van der Waals surface area contributed by atoms with Crippen LogP contribution in [0.5, 0.6) is 11.6 Å². The van der Waals surface area contributed by atoms with Gasteiger partial charge in [-0.25, -0.2) is 4.98 Å². The summed E-state index contributed by atoms with van der Waals surface area (Å²) in [6, 6.07) is 3.51. The van der Waals surface area contributed by atoms with Crippen molar-refractivity contribution in [3.05, 3.63) is 24.0 Å². The number of methoxy groups -OCH3 is 2. The molecule has 0 unspecified atom stereocenters. The second-order valence-corrected chi connectivity index (χ2v) is 3.73. The molecule has 0 fully saturated rings. The van der Waals surface area contributed by atoms with Crippen molar-refractivity contribution in [2.24, 2.45) is 7.05 Å². The molecule has 0 atom stereocenters. The lowest BCUT2D eigenvalue weighted by Gasteiger charge is -2.09. The van der Waals surface area contributed by atoms with Crippen LogP contribution in [0, 0.1) is 0 Å². The molecular weight excluding hydrogens is 234 g/mol. The minimum absolute atomic E-state index is 0.0975. The number of hydrogen-bond donors (Lipinski definition) is 1. The van der Waals surface area contributed by atoms with E-state index in [9.17, 15) is 0 Å². The van der Waals surface area contributed by atoms with Crippen LogP contribution in [0.2, 0.25) is 0 Å². The maximum atomic E-state index is 9.09. The van der Waals surface area contributed by atoms with Crippen LogP contribution >= 0.6 is 0 Å². The van der Waals surface area contributed by atoms with Gasteiger partial charge >= 0.3 is 0 Å². The van der Waals surface area contributed by atoms with Gasteiger partial charge in [-0.05, 0) is 6.07 Å². The zero-order valence-corrected chi connectivity index (χ0v) is 10.5. The molecule has 18 heavy (non-hydrogen) atoms. The van der Waals surface area contributed by atoms with E-state index in [1.807, 2.05) is 0 Å². The Balaban J connectivity index is 2.52. The van der Waals surface area contributed by atoms with Crippen molar-refractivity contribution in [2.45, 2.75) is 6.61 Å². The zero-order chi connectivity index (χ0) is 13.1. The molecule has 2 aromatic heterocycles. The van der Waals surface area contributed by atoms with Crippen molar-refractivity contribution in [3.63, 3.8) is 0 Å². The van der Waals surface area contributed by atoms with Gasteiger partial charge in [0, 0.05) is 19.3 Å². The molecule has 6 nitrogen and oxygen atoms in total.